The van der Waals surface area contributed by atoms with Crippen molar-refractivity contribution in [1.29, 1.82) is 0 Å². The number of allylic oxidation sites excluding steroid dienone is 1. The van der Waals surface area contributed by atoms with E-state index in [9.17, 15) is 0 Å². The quantitative estimate of drug-likeness (QED) is 0.532. The molecule has 0 spiro atoms. The standard InChI is InChI=1S/C10H18N2S/c1-4-11-9-6-5-8(12(2)3)7-10(9)13/h4,8,13H,5-7H2,1-3H3. The van der Waals surface area contributed by atoms with Crippen LogP contribution in [0.3, 0.4) is 0 Å². The molecular formula is C10H18N2S. The molecule has 0 saturated heterocycles. The van der Waals surface area contributed by atoms with E-state index in [1.165, 1.54) is 12.1 Å². The predicted octanol–water partition coefficient (Wildman–Crippen LogP) is 2.33. The van der Waals surface area contributed by atoms with E-state index in [2.05, 4.69) is 36.6 Å². The van der Waals surface area contributed by atoms with Crippen molar-refractivity contribution in [1.82, 2.24) is 4.90 Å². The Hall–Kier alpha value is -0.280. The lowest BCUT2D eigenvalue weighted by atomic mass is 9.98. The zero-order chi connectivity index (χ0) is 9.84. The van der Waals surface area contributed by atoms with Gasteiger partial charge >= 0.3 is 0 Å². The second-order valence-electron chi connectivity index (χ2n) is 3.64. The first-order chi connectivity index (χ1) is 6.15. The lowest BCUT2D eigenvalue weighted by Gasteiger charge is -2.28. The van der Waals surface area contributed by atoms with Crippen molar-refractivity contribution < 1.29 is 0 Å². The maximum absolute atomic E-state index is 4.48. The van der Waals surface area contributed by atoms with Crippen LogP contribution in [-0.4, -0.2) is 31.3 Å². The molecule has 74 valence electrons. The van der Waals surface area contributed by atoms with Crippen molar-refractivity contribution in [2.75, 3.05) is 14.1 Å². The molecule has 0 N–H and O–H groups in total. The molecule has 0 aromatic rings. The van der Waals surface area contributed by atoms with Gasteiger partial charge in [0.1, 0.15) is 0 Å². The van der Waals surface area contributed by atoms with E-state index in [1.54, 1.807) is 0 Å². The zero-order valence-electron chi connectivity index (χ0n) is 8.62. The van der Waals surface area contributed by atoms with Gasteiger partial charge < -0.3 is 4.90 Å². The molecule has 0 radical (unpaired) electrons. The maximum Gasteiger partial charge on any atom is 0.0492 e. The van der Waals surface area contributed by atoms with E-state index in [4.69, 9.17) is 0 Å². The Morgan fingerprint density at radius 3 is 2.69 bits per heavy atom. The Kier molecular flexibility index (Phi) is 4.00. The molecule has 2 nitrogen and oxygen atoms in total. The summed E-state index contributed by atoms with van der Waals surface area (Å²) in [5, 5.41) is 0. The minimum absolute atomic E-state index is 0.642. The topological polar surface area (TPSA) is 15.6 Å². The van der Waals surface area contributed by atoms with Crippen LogP contribution in [0.25, 0.3) is 0 Å². The first-order valence-corrected chi connectivity index (χ1v) is 5.16. The fourth-order valence-electron chi connectivity index (χ4n) is 1.63. The van der Waals surface area contributed by atoms with Crippen molar-refractivity contribution in [3.05, 3.63) is 10.6 Å². The van der Waals surface area contributed by atoms with Crippen LogP contribution in [0.4, 0.5) is 0 Å². The van der Waals surface area contributed by atoms with E-state index in [1.807, 2.05) is 13.1 Å². The lowest BCUT2D eigenvalue weighted by molar-refractivity contribution is 0.271. The van der Waals surface area contributed by atoms with Crippen molar-refractivity contribution in [3.63, 3.8) is 0 Å². The van der Waals surface area contributed by atoms with Crippen LogP contribution >= 0.6 is 12.6 Å². The van der Waals surface area contributed by atoms with Gasteiger partial charge in [0.05, 0.1) is 0 Å². The molecule has 0 aliphatic heterocycles. The Morgan fingerprint density at radius 2 is 2.23 bits per heavy atom. The molecule has 0 amide bonds. The van der Waals surface area contributed by atoms with Gasteiger partial charge in [-0.15, -0.1) is 12.6 Å². The largest absolute Gasteiger partial charge is 0.306 e. The summed E-state index contributed by atoms with van der Waals surface area (Å²) in [6.07, 6.45) is 5.15. The number of rotatable bonds is 2. The van der Waals surface area contributed by atoms with Crippen LogP contribution in [0.15, 0.2) is 15.6 Å². The molecule has 0 saturated carbocycles. The van der Waals surface area contributed by atoms with E-state index in [0.29, 0.717) is 6.04 Å². The molecule has 0 heterocycles. The number of hydrogen-bond acceptors (Lipinski definition) is 3. The number of nitrogens with zero attached hydrogens (tertiary/aromatic N) is 2. The molecule has 1 atom stereocenters. The SMILES string of the molecule is CC=NC1=C(S)CC(N(C)C)CC1. The maximum atomic E-state index is 4.48. The molecule has 3 heteroatoms. The van der Waals surface area contributed by atoms with E-state index in [0.717, 1.165) is 17.7 Å². The summed E-state index contributed by atoms with van der Waals surface area (Å²) in [6, 6.07) is 0.642. The van der Waals surface area contributed by atoms with Crippen LogP contribution < -0.4 is 0 Å². The Balaban J connectivity index is 2.66. The average Bonchev–Trinajstić information content (AvgIpc) is 2.08. The predicted molar refractivity (Wildman–Crippen MR) is 61.5 cm³/mol. The highest BCUT2D eigenvalue weighted by Gasteiger charge is 2.19. The van der Waals surface area contributed by atoms with E-state index >= 15 is 0 Å². The van der Waals surface area contributed by atoms with Crippen molar-refractivity contribution in [3.8, 4) is 0 Å². The van der Waals surface area contributed by atoms with Gasteiger partial charge in [0.25, 0.3) is 0 Å². The van der Waals surface area contributed by atoms with Gasteiger partial charge in [-0.05, 0) is 40.3 Å². The summed E-state index contributed by atoms with van der Waals surface area (Å²) in [7, 11) is 4.25. The van der Waals surface area contributed by atoms with E-state index in [-0.39, 0.29) is 0 Å². The molecule has 0 bridgehead atoms. The molecule has 0 fully saturated rings. The third-order valence-corrected chi connectivity index (χ3v) is 2.93. The molecule has 1 aliphatic carbocycles. The molecule has 1 rings (SSSR count). The molecule has 13 heavy (non-hydrogen) atoms. The smallest absolute Gasteiger partial charge is 0.0492 e. The van der Waals surface area contributed by atoms with Crippen LogP contribution in [-0.2, 0) is 0 Å². The molecule has 0 aromatic carbocycles. The minimum atomic E-state index is 0.642. The lowest BCUT2D eigenvalue weighted by Crippen LogP contribution is -2.30. The van der Waals surface area contributed by atoms with Crippen LogP contribution in [0.5, 0.6) is 0 Å². The molecule has 1 aliphatic rings. The second kappa shape index (κ2) is 4.82. The van der Waals surface area contributed by atoms with Gasteiger partial charge in [-0.1, -0.05) is 0 Å². The fourth-order valence-corrected chi connectivity index (χ4v) is 2.01. The van der Waals surface area contributed by atoms with Gasteiger partial charge in [-0.3, -0.25) is 4.99 Å². The van der Waals surface area contributed by atoms with Gasteiger partial charge in [0.2, 0.25) is 0 Å². The summed E-state index contributed by atoms with van der Waals surface area (Å²) in [5.74, 6) is 0. The number of hydrogen-bond donors (Lipinski definition) is 1. The third-order valence-electron chi connectivity index (χ3n) is 2.49. The Bertz CT molecular complexity index is 231. The first kappa shape index (κ1) is 10.8. The number of aliphatic imine (C=N–C) groups is 1. The summed E-state index contributed by atoms with van der Waals surface area (Å²) in [4.78, 5) is 7.74. The fraction of sp³-hybridized carbons (Fsp3) is 0.700. The van der Waals surface area contributed by atoms with Crippen LogP contribution in [0.1, 0.15) is 26.2 Å². The summed E-state index contributed by atoms with van der Waals surface area (Å²) in [6.45, 7) is 1.95. The van der Waals surface area contributed by atoms with E-state index < -0.39 is 0 Å². The first-order valence-electron chi connectivity index (χ1n) is 4.71. The highest BCUT2D eigenvalue weighted by atomic mass is 32.1. The van der Waals surface area contributed by atoms with Crippen LogP contribution in [0.2, 0.25) is 0 Å². The van der Waals surface area contributed by atoms with Crippen LogP contribution in [0, 0.1) is 0 Å². The number of thiol groups is 1. The molecule has 0 aromatic heterocycles. The Labute approximate surface area is 86.1 Å². The highest BCUT2D eigenvalue weighted by molar-refractivity contribution is 7.84. The second-order valence-corrected chi connectivity index (χ2v) is 4.18. The minimum Gasteiger partial charge on any atom is -0.306 e. The van der Waals surface area contributed by atoms with Crippen molar-refractivity contribution >= 4 is 18.8 Å². The van der Waals surface area contributed by atoms with Gasteiger partial charge in [-0.2, -0.15) is 0 Å². The zero-order valence-corrected chi connectivity index (χ0v) is 9.51. The molecule has 1 unspecified atom stereocenters. The summed E-state index contributed by atoms with van der Waals surface area (Å²) < 4.78 is 0. The van der Waals surface area contributed by atoms with Gasteiger partial charge in [0.15, 0.2) is 0 Å². The molecular weight excluding hydrogens is 180 g/mol. The average molecular weight is 198 g/mol. The van der Waals surface area contributed by atoms with Crippen molar-refractivity contribution in [2.45, 2.75) is 32.2 Å². The Morgan fingerprint density at radius 1 is 1.54 bits per heavy atom. The monoisotopic (exact) mass is 198 g/mol. The third kappa shape index (κ3) is 2.85. The summed E-state index contributed by atoms with van der Waals surface area (Å²) >= 11 is 4.48. The van der Waals surface area contributed by atoms with Gasteiger partial charge in [0, 0.05) is 22.9 Å². The van der Waals surface area contributed by atoms with Crippen molar-refractivity contribution in [2.24, 2.45) is 4.99 Å². The normalized spacial score (nSPS) is 24.8. The van der Waals surface area contributed by atoms with Gasteiger partial charge in [-0.25, -0.2) is 0 Å². The highest BCUT2D eigenvalue weighted by Crippen LogP contribution is 2.29. The summed E-state index contributed by atoms with van der Waals surface area (Å²) in [5.41, 5.74) is 1.17.